The van der Waals surface area contributed by atoms with Gasteiger partial charge in [-0.05, 0) is 54.0 Å². The average molecular weight is 468 g/mol. The van der Waals surface area contributed by atoms with Crippen LogP contribution in [0.5, 0.6) is 0 Å². The van der Waals surface area contributed by atoms with Crippen LogP contribution >= 0.6 is 11.3 Å². The van der Waals surface area contributed by atoms with Gasteiger partial charge in [-0.1, -0.05) is 52.8 Å². The number of hydrogen-bond acceptors (Lipinski definition) is 6. The first-order valence-corrected chi connectivity index (χ1v) is 12.5. The molecule has 0 atom stereocenters. The number of benzene rings is 1. The minimum Gasteiger partial charge on any atom is -0.396 e. The number of nitrogens with one attached hydrogen (secondary N) is 1. The largest absolute Gasteiger partial charge is 0.396 e. The lowest BCUT2D eigenvalue weighted by atomic mass is 10.1. The molecule has 178 valence electrons. The van der Waals surface area contributed by atoms with E-state index in [4.69, 9.17) is 9.97 Å². The number of allylic oxidation sites excluding steroid dienone is 1. The summed E-state index contributed by atoms with van der Waals surface area (Å²) in [5.41, 5.74) is 5.00. The Hall–Kier alpha value is -2.83. The highest BCUT2D eigenvalue weighted by Gasteiger charge is 2.15. The van der Waals surface area contributed by atoms with Gasteiger partial charge < -0.3 is 15.2 Å². The van der Waals surface area contributed by atoms with Crippen molar-refractivity contribution in [3.8, 4) is 10.7 Å². The Morgan fingerprint density at radius 2 is 1.76 bits per heavy atom. The van der Waals surface area contributed by atoms with E-state index < -0.39 is 0 Å². The number of nitrogens with zero attached hydrogens (tertiary/aromatic N) is 2. The van der Waals surface area contributed by atoms with Gasteiger partial charge in [-0.2, -0.15) is 0 Å². The Balaban J connectivity index is 0.00000129. The number of aldehydes is 1. The first-order valence-electron chi connectivity index (χ1n) is 11.7. The Morgan fingerprint density at radius 1 is 1.06 bits per heavy atom. The first-order chi connectivity index (χ1) is 16.2. The van der Waals surface area contributed by atoms with Crippen molar-refractivity contribution in [2.75, 3.05) is 11.9 Å². The fourth-order valence-electron chi connectivity index (χ4n) is 3.11. The third-order valence-electron chi connectivity index (χ3n) is 4.59. The summed E-state index contributed by atoms with van der Waals surface area (Å²) in [6, 6.07) is 9.82. The number of aromatic nitrogens is 2. The molecule has 0 fully saturated rings. The van der Waals surface area contributed by atoms with Gasteiger partial charge in [0.25, 0.3) is 0 Å². The summed E-state index contributed by atoms with van der Waals surface area (Å²) in [6.07, 6.45) is 5.27. The molecule has 0 saturated heterocycles. The van der Waals surface area contributed by atoms with Gasteiger partial charge in [0.05, 0.1) is 4.88 Å². The summed E-state index contributed by atoms with van der Waals surface area (Å²) in [4.78, 5) is 21.3. The zero-order valence-electron chi connectivity index (χ0n) is 20.5. The predicted octanol–water partition coefficient (Wildman–Crippen LogP) is 6.57. The van der Waals surface area contributed by atoms with Crippen molar-refractivity contribution in [2.24, 2.45) is 0 Å². The number of aliphatic hydroxyl groups excluding tert-OH is 1. The number of anilines is 2. The fourth-order valence-corrected chi connectivity index (χ4v) is 3.99. The second-order valence-electron chi connectivity index (χ2n) is 6.65. The van der Waals surface area contributed by atoms with Gasteiger partial charge >= 0.3 is 0 Å². The number of carbonyl (C=O) groups is 1. The zero-order chi connectivity index (χ0) is 24.6. The lowest BCUT2D eigenvalue weighted by Crippen LogP contribution is -2.07. The molecule has 33 heavy (non-hydrogen) atoms. The molecule has 2 heterocycles. The van der Waals surface area contributed by atoms with E-state index >= 15 is 0 Å². The number of aliphatic hydroxyl groups is 1. The molecule has 0 amide bonds. The molecule has 0 unspecified atom stereocenters. The third-order valence-corrected chi connectivity index (χ3v) is 5.56. The fraction of sp³-hybridized carbons (Fsp3) is 0.370. The Kier molecular flexibility index (Phi) is 13.6. The second kappa shape index (κ2) is 15.9. The molecule has 0 aliphatic rings. The van der Waals surface area contributed by atoms with Crippen LogP contribution < -0.4 is 5.32 Å². The molecule has 6 heteroatoms. The highest BCUT2D eigenvalue weighted by molar-refractivity contribution is 7.13. The molecule has 0 saturated carbocycles. The van der Waals surface area contributed by atoms with Gasteiger partial charge in [-0.3, -0.25) is 0 Å². The molecule has 0 radical (unpaired) electrons. The molecule has 3 rings (SSSR count). The van der Waals surface area contributed by atoms with Crippen LogP contribution in [0.1, 0.15) is 57.0 Å². The standard InChI is InChI=1S/C23H25N3O2S.2C2H6/c1-3-5-19-20(4-2)25-23(21-14-17(11-13-28)15-29-21)26-22(19)24-18-8-6-16(7-9-18)10-12-27;2*1-2/h3,6-9,12,14-15,28H,1,4-5,10-11,13H2,2H3,(H,24,25,26);2*1-2H3. The Labute approximate surface area is 202 Å². The van der Waals surface area contributed by atoms with E-state index in [-0.39, 0.29) is 6.61 Å². The van der Waals surface area contributed by atoms with E-state index in [1.165, 1.54) is 0 Å². The summed E-state index contributed by atoms with van der Waals surface area (Å²) >= 11 is 1.59. The average Bonchev–Trinajstić information content (AvgIpc) is 3.33. The molecule has 0 bridgehead atoms. The van der Waals surface area contributed by atoms with Crippen molar-refractivity contribution >= 4 is 29.1 Å². The van der Waals surface area contributed by atoms with Crippen molar-refractivity contribution in [1.82, 2.24) is 9.97 Å². The summed E-state index contributed by atoms with van der Waals surface area (Å²) in [6.45, 7) is 14.1. The quantitative estimate of drug-likeness (QED) is 0.261. The lowest BCUT2D eigenvalue weighted by molar-refractivity contribution is -0.107. The Bertz CT molecular complexity index is 982. The van der Waals surface area contributed by atoms with Crippen LogP contribution in [0.15, 0.2) is 48.4 Å². The van der Waals surface area contributed by atoms with Gasteiger partial charge in [0.15, 0.2) is 5.82 Å². The molecule has 2 aromatic heterocycles. The number of rotatable bonds is 10. The van der Waals surface area contributed by atoms with E-state index in [9.17, 15) is 9.90 Å². The molecule has 0 aliphatic carbocycles. The number of carbonyl (C=O) groups excluding carboxylic acids is 1. The highest BCUT2D eigenvalue weighted by atomic mass is 32.1. The normalized spacial score (nSPS) is 9.76. The van der Waals surface area contributed by atoms with Crippen LogP contribution in [0.25, 0.3) is 10.7 Å². The van der Waals surface area contributed by atoms with Crippen molar-refractivity contribution < 1.29 is 9.90 Å². The molecule has 5 nitrogen and oxygen atoms in total. The maximum Gasteiger partial charge on any atom is 0.171 e. The molecule has 0 spiro atoms. The van der Waals surface area contributed by atoms with Crippen molar-refractivity contribution in [2.45, 2.75) is 60.3 Å². The topological polar surface area (TPSA) is 75.1 Å². The smallest absolute Gasteiger partial charge is 0.171 e. The van der Waals surface area contributed by atoms with Crippen LogP contribution in [-0.4, -0.2) is 28.0 Å². The summed E-state index contributed by atoms with van der Waals surface area (Å²) in [5, 5.41) is 14.6. The maximum atomic E-state index is 10.7. The van der Waals surface area contributed by atoms with Crippen molar-refractivity contribution in [3.05, 3.63) is 70.8 Å². The van der Waals surface area contributed by atoms with Crippen LogP contribution in [0.4, 0.5) is 11.5 Å². The summed E-state index contributed by atoms with van der Waals surface area (Å²) in [7, 11) is 0. The third kappa shape index (κ3) is 8.22. The van der Waals surface area contributed by atoms with Crippen LogP contribution in [0.2, 0.25) is 0 Å². The predicted molar refractivity (Wildman–Crippen MR) is 142 cm³/mol. The lowest BCUT2D eigenvalue weighted by Gasteiger charge is -2.15. The van der Waals surface area contributed by atoms with E-state index in [1.807, 2.05) is 69.5 Å². The molecule has 2 N–H and O–H groups in total. The van der Waals surface area contributed by atoms with Crippen LogP contribution in [0, 0.1) is 0 Å². The minimum atomic E-state index is 0.127. The van der Waals surface area contributed by atoms with E-state index in [2.05, 4.69) is 18.8 Å². The van der Waals surface area contributed by atoms with E-state index in [0.717, 1.165) is 51.5 Å². The summed E-state index contributed by atoms with van der Waals surface area (Å²) < 4.78 is 0. The van der Waals surface area contributed by atoms with Crippen LogP contribution in [-0.2, 0) is 30.5 Å². The minimum absolute atomic E-state index is 0.127. The Morgan fingerprint density at radius 3 is 2.33 bits per heavy atom. The second-order valence-corrected chi connectivity index (χ2v) is 7.56. The van der Waals surface area contributed by atoms with E-state index in [0.29, 0.717) is 25.1 Å². The number of hydrogen-bond donors (Lipinski definition) is 2. The van der Waals surface area contributed by atoms with Gasteiger partial charge in [0.1, 0.15) is 12.1 Å². The van der Waals surface area contributed by atoms with Gasteiger partial charge in [-0.15, -0.1) is 17.9 Å². The molecular weight excluding hydrogens is 430 g/mol. The highest BCUT2D eigenvalue weighted by Crippen LogP contribution is 2.30. The van der Waals surface area contributed by atoms with Crippen LogP contribution in [0.3, 0.4) is 0 Å². The zero-order valence-corrected chi connectivity index (χ0v) is 21.3. The van der Waals surface area contributed by atoms with E-state index in [1.54, 1.807) is 11.3 Å². The van der Waals surface area contributed by atoms with Crippen molar-refractivity contribution in [3.63, 3.8) is 0 Å². The van der Waals surface area contributed by atoms with Gasteiger partial charge in [0, 0.05) is 30.0 Å². The molecule has 0 aliphatic heterocycles. The number of aryl methyl sites for hydroxylation is 1. The maximum absolute atomic E-state index is 10.7. The monoisotopic (exact) mass is 467 g/mol. The first kappa shape index (κ1) is 28.2. The van der Waals surface area contributed by atoms with Gasteiger partial charge in [0.2, 0.25) is 0 Å². The molecule has 3 aromatic rings. The summed E-state index contributed by atoms with van der Waals surface area (Å²) in [5.74, 6) is 1.45. The number of thiophene rings is 1. The van der Waals surface area contributed by atoms with Gasteiger partial charge in [-0.25, -0.2) is 9.97 Å². The SMILES string of the molecule is C=CCc1c(CC)nc(-c2cc(CCO)cs2)nc1Nc1ccc(CC=O)cc1.CC.CC. The molecule has 1 aromatic carbocycles. The molecular formula is C27H37N3O2S. The van der Waals surface area contributed by atoms with Crippen molar-refractivity contribution in [1.29, 1.82) is 0 Å².